The fourth-order valence-corrected chi connectivity index (χ4v) is 0.303. The van der Waals surface area contributed by atoms with Gasteiger partial charge in [-0.1, -0.05) is 5.92 Å². The first-order valence-electron chi connectivity index (χ1n) is 2.47. The molecule has 0 heterocycles. The summed E-state index contributed by atoms with van der Waals surface area (Å²) in [4.78, 5) is 9.97. The van der Waals surface area contributed by atoms with Crippen molar-refractivity contribution < 1.29 is 9.90 Å². The molecule has 0 aromatic carbocycles. The van der Waals surface area contributed by atoms with Crippen molar-refractivity contribution in [1.82, 2.24) is 5.32 Å². The second-order valence-electron chi connectivity index (χ2n) is 2.20. The van der Waals surface area contributed by atoms with Crippen molar-refractivity contribution in [2.75, 3.05) is 0 Å². The average molecular weight is 127 g/mol. The second kappa shape index (κ2) is 2.40. The van der Waals surface area contributed by atoms with Gasteiger partial charge in [0.25, 0.3) is 0 Å². The van der Waals surface area contributed by atoms with Crippen molar-refractivity contribution in [3.63, 3.8) is 0 Å². The molecule has 0 aliphatic carbocycles. The quantitative estimate of drug-likeness (QED) is 0.508. The lowest BCUT2D eigenvalue weighted by Gasteiger charge is -2.15. The molecule has 0 rings (SSSR count). The largest absolute Gasteiger partial charge is 0.465 e. The molecule has 0 aromatic rings. The number of amides is 1. The van der Waals surface area contributed by atoms with Gasteiger partial charge < -0.3 is 10.4 Å². The van der Waals surface area contributed by atoms with E-state index in [0.717, 1.165) is 0 Å². The zero-order chi connectivity index (χ0) is 7.49. The molecule has 0 aliphatic heterocycles. The first-order valence-corrected chi connectivity index (χ1v) is 2.47. The number of terminal acetylenes is 1. The van der Waals surface area contributed by atoms with Gasteiger partial charge in [0.1, 0.15) is 0 Å². The lowest BCUT2D eigenvalue weighted by atomic mass is 10.1. The highest BCUT2D eigenvalue weighted by Crippen LogP contribution is 1.96. The monoisotopic (exact) mass is 127 g/mol. The first-order chi connectivity index (χ1) is 3.98. The van der Waals surface area contributed by atoms with Crippen LogP contribution in [-0.2, 0) is 0 Å². The Hall–Kier alpha value is -1.17. The minimum atomic E-state index is -1.10. The molecule has 0 saturated carbocycles. The van der Waals surface area contributed by atoms with Gasteiger partial charge in [0, 0.05) is 0 Å². The van der Waals surface area contributed by atoms with E-state index in [1.807, 2.05) is 0 Å². The summed E-state index contributed by atoms with van der Waals surface area (Å²) < 4.78 is 0. The van der Waals surface area contributed by atoms with Gasteiger partial charge in [0.2, 0.25) is 0 Å². The van der Waals surface area contributed by atoms with E-state index in [2.05, 4.69) is 11.2 Å². The number of carbonyl (C=O) groups is 1. The molecule has 0 aliphatic rings. The summed E-state index contributed by atoms with van der Waals surface area (Å²) in [5, 5.41) is 10.3. The number of rotatable bonds is 1. The molecule has 0 aromatic heterocycles. The van der Waals surface area contributed by atoms with Crippen LogP contribution in [0.2, 0.25) is 0 Å². The minimum Gasteiger partial charge on any atom is -0.465 e. The van der Waals surface area contributed by atoms with Gasteiger partial charge in [-0.2, -0.15) is 0 Å². The molecule has 3 heteroatoms. The number of hydrogen-bond donors (Lipinski definition) is 2. The molecule has 1 amide bonds. The van der Waals surface area contributed by atoms with Gasteiger partial charge in [-0.15, -0.1) is 6.42 Å². The van der Waals surface area contributed by atoms with Gasteiger partial charge >= 0.3 is 6.09 Å². The Morgan fingerprint density at radius 2 is 2.22 bits per heavy atom. The molecule has 50 valence electrons. The molecule has 0 atom stereocenters. The third-order valence-electron chi connectivity index (χ3n) is 0.780. The van der Waals surface area contributed by atoms with Crippen molar-refractivity contribution in [3.8, 4) is 12.3 Å². The lowest BCUT2D eigenvalue weighted by Crippen LogP contribution is -2.41. The summed E-state index contributed by atoms with van der Waals surface area (Å²) >= 11 is 0. The molecule has 9 heavy (non-hydrogen) atoms. The molecule has 0 unspecified atom stereocenters. The second-order valence-corrected chi connectivity index (χ2v) is 2.20. The van der Waals surface area contributed by atoms with Gasteiger partial charge in [0.15, 0.2) is 0 Å². The topological polar surface area (TPSA) is 49.3 Å². The molecule has 0 radical (unpaired) electrons. The summed E-state index contributed by atoms with van der Waals surface area (Å²) in [5.41, 5.74) is -0.758. The predicted octanol–water partition coefficient (Wildman–Crippen LogP) is 0.666. The minimum absolute atomic E-state index is 0.758. The Bertz CT molecular complexity index is 155. The van der Waals surface area contributed by atoms with Crippen molar-refractivity contribution >= 4 is 6.09 Å². The Morgan fingerprint density at radius 3 is 2.33 bits per heavy atom. The molecule has 0 spiro atoms. The average Bonchev–Trinajstić information content (AvgIpc) is 1.63. The van der Waals surface area contributed by atoms with Crippen LogP contribution >= 0.6 is 0 Å². The molecular weight excluding hydrogens is 118 g/mol. The molecule has 3 nitrogen and oxygen atoms in total. The highest BCUT2D eigenvalue weighted by Gasteiger charge is 2.14. The van der Waals surface area contributed by atoms with Crippen LogP contribution in [0.4, 0.5) is 4.79 Å². The number of nitrogens with one attached hydrogen (secondary N) is 1. The maximum absolute atomic E-state index is 9.97. The molecule has 0 bridgehead atoms. The van der Waals surface area contributed by atoms with E-state index in [1.54, 1.807) is 13.8 Å². The number of hydrogen-bond acceptors (Lipinski definition) is 1. The molecule has 0 saturated heterocycles. The van der Waals surface area contributed by atoms with Crippen LogP contribution in [0.15, 0.2) is 0 Å². The fraction of sp³-hybridized carbons (Fsp3) is 0.500. The SMILES string of the molecule is C#CC(C)(C)NC(=O)O. The smallest absolute Gasteiger partial charge is 0.405 e. The normalized spacial score (nSPS) is 9.89. The summed E-state index contributed by atoms with van der Waals surface area (Å²) in [6.45, 7) is 3.22. The Morgan fingerprint density at radius 1 is 1.78 bits per heavy atom. The summed E-state index contributed by atoms with van der Waals surface area (Å²) in [6, 6.07) is 0. The maximum Gasteiger partial charge on any atom is 0.405 e. The molecule has 0 fully saturated rings. The summed E-state index contributed by atoms with van der Waals surface area (Å²) in [5.74, 6) is 2.28. The van der Waals surface area contributed by atoms with Gasteiger partial charge in [0.05, 0.1) is 5.54 Å². The Balaban J connectivity index is 3.91. The highest BCUT2D eigenvalue weighted by molar-refractivity contribution is 5.66. The first kappa shape index (κ1) is 7.83. The van der Waals surface area contributed by atoms with Crippen LogP contribution < -0.4 is 5.32 Å². The Kier molecular flexibility index (Phi) is 2.09. The predicted molar refractivity (Wildman–Crippen MR) is 34.1 cm³/mol. The van der Waals surface area contributed by atoms with Crippen molar-refractivity contribution in [2.45, 2.75) is 19.4 Å². The van der Waals surface area contributed by atoms with Crippen molar-refractivity contribution in [2.24, 2.45) is 0 Å². The van der Waals surface area contributed by atoms with E-state index in [9.17, 15) is 4.79 Å². The highest BCUT2D eigenvalue weighted by atomic mass is 16.4. The fourth-order valence-electron chi connectivity index (χ4n) is 0.303. The van der Waals surface area contributed by atoms with Crippen molar-refractivity contribution in [1.29, 1.82) is 0 Å². The van der Waals surface area contributed by atoms with Crippen LogP contribution in [-0.4, -0.2) is 16.7 Å². The Labute approximate surface area is 54.1 Å². The maximum atomic E-state index is 9.97. The van der Waals surface area contributed by atoms with E-state index in [4.69, 9.17) is 11.5 Å². The lowest BCUT2D eigenvalue weighted by molar-refractivity contribution is 0.188. The molecule has 2 N–H and O–H groups in total. The van der Waals surface area contributed by atoms with Crippen LogP contribution in [0, 0.1) is 12.3 Å². The third kappa shape index (κ3) is 3.42. The van der Waals surface area contributed by atoms with Crippen LogP contribution in [0.25, 0.3) is 0 Å². The summed E-state index contributed by atoms with van der Waals surface area (Å²) in [7, 11) is 0. The van der Waals surface area contributed by atoms with Crippen LogP contribution in [0.5, 0.6) is 0 Å². The van der Waals surface area contributed by atoms with Crippen LogP contribution in [0.1, 0.15) is 13.8 Å². The van der Waals surface area contributed by atoms with Crippen molar-refractivity contribution in [3.05, 3.63) is 0 Å². The zero-order valence-corrected chi connectivity index (χ0v) is 5.43. The standard InChI is InChI=1S/C6H9NO2/c1-4-6(2,3)7-5(8)9/h1,7H,2-3H3,(H,8,9). The third-order valence-corrected chi connectivity index (χ3v) is 0.780. The van der Waals surface area contributed by atoms with E-state index >= 15 is 0 Å². The van der Waals surface area contributed by atoms with Gasteiger partial charge in [-0.3, -0.25) is 0 Å². The van der Waals surface area contributed by atoms with Gasteiger partial charge in [-0.25, -0.2) is 4.79 Å². The van der Waals surface area contributed by atoms with E-state index in [-0.39, 0.29) is 0 Å². The van der Waals surface area contributed by atoms with Gasteiger partial charge in [-0.05, 0) is 13.8 Å². The van der Waals surface area contributed by atoms with Crippen LogP contribution in [0.3, 0.4) is 0 Å². The summed E-state index contributed by atoms with van der Waals surface area (Å²) in [6.07, 6.45) is 3.88. The van der Waals surface area contributed by atoms with E-state index in [0.29, 0.717) is 0 Å². The molecular formula is C6H9NO2. The zero-order valence-electron chi connectivity index (χ0n) is 5.43. The van der Waals surface area contributed by atoms with E-state index in [1.165, 1.54) is 0 Å². The number of carboxylic acid groups (broad SMARTS) is 1. The van der Waals surface area contributed by atoms with E-state index < -0.39 is 11.6 Å².